The zero-order valence-corrected chi connectivity index (χ0v) is 14.3. The number of amides is 1. The second-order valence-electron chi connectivity index (χ2n) is 6.52. The van der Waals surface area contributed by atoms with Gasteiger partial charge in [-0.15, -0.1) is 0 Å². The molecule has 0 radical (unpaired) electrons. The van der Waals surface area contributed by atoms with Crippen LogP contribution in [0.4, 0.5) is 0 Å². The van der Waals surface area contributed by atoms with Gasteiger partial charge >= 0.3 is 0 Å². The largest absolute Gasteiger partial charge is 0.356 e. The van der Waals surface area contributed by atoms with Gasteiger partial charge in [-0.25, -0.2) is 0 Å². The second kappa shape index (κ2) is 13.5. The first-order valence-electron chi connectivity index (χ1n) is 8.86. The summed E-state index contributed by atoms with van der Waals surface area (Å²) in [6.07, 6.45) is 11.8. The van der Waals surface area contributed by atoms with Gasteiger partial charge in [0.2, 0.25) is 5.91 Å². The third kappa shape index (κ3) is 12.5. The maximum Gasteiger partial charge on any atom is 0.219 e. The van der Waals surface area contributed by atoms with Gasteiger partial charge in [0.25, 0.3) is 0 Å². The van der Waals surface area contributed by atoms with Crippen molar-refractivity contribution in [3.05, 3.63) is 0 Å². The minimum absolute atomic E-state index is 0.247. The van der Waals surface area contributed by atoms with Gasteiger partial charge in [0, 0.05) is 13.0 Å². The topological polar surface area (TPSA) is 29.1 Å². The van der Waals surface area contributed by atoms with Gasteiger partial charge < -0.3 is 5.32 Å². The van der Waals surface area contributed by atoms with Gasteiger partial charge in [-0.1, -0.05) is 72.6 Å². The molecule has 0 bridgehead atoms. The quantitative estimate of drug-likeness (QED) is 0.456. The molecule has 0 spiro atoms. The Balaban J connectivity index is 3.32. The van der Waals surface area contributed by atoms with E-state index in [1.165, 1.54) is 44.9 Å². The average molecular weight is 284 g/mol. The van der Waals surface area contributed by atoms with Crippen LogP contribution >= 0.6 is 0 Å². The molecule has 0 aromatic rings. The van der Waals surface area contributed by atoms with Crippen molar-refractivity contribution in [2.45, 2.75) is 91.9 Å². The fraction of sp³-hybridized carbons (Fsp3) is 0.944. The van der Waals surface area contributed by atoms with Gasteiger partial charge in [0.1, 0.15) is 0 Å². The van der Waals surface area contributed by atoms with Crippen LogP contribution in [-0.4, -0.2) is 12.5 Å². The number of nitrogens with one attached hydrogen (secondary N) is 1. The molecule has 0 aromatic carbocycles. The summed E-state index contributed by atoms with van der Waals surface area (Å²) in [4.78, 5) is 11.6. The van der Waals surface area contributed by atoms with Crippen LogP contribution in [0.15, 0.2) is 0 Å². The summed E-state index contributed by atoms with van der Waals surface area (Å²) in [5, 5.41) is 3.04. The van der Waals surface area contributed by atoms with Crippen LogP contribution in [0.1, 0.15) is 91.9 Å². The molecule has 120 valence electrons. The van der Waals surface area contributed by atoms with Gasteiger partial charge in [-0.3, -0.25) is 4.79 Å². The molecule has 20 heavy (non-hydrogen) atoms. The van der Waals surface area contributed by atoms with E-state index in [0.29, 0.717) is 6.42 Å². The van der Waals surface area contributed by atoms with Crippen LogP contribution in [0.3, 0.4) is 0 Å². The Morgan fingerprint density at radius 1 is 0.900 bits per heavy atom. The fourth-order valence-corrected chi connectivity index (χ4v) is 2.59. The lowest BCUT2D eigenvalue weighted by Crippen LogP contribution is -2.24. The van der Waals surface area contributed by atoms with Crippen molar-refractivity contribution in [2.24, 2.45) is 11.8 Å². The summed E-state index contributed by atoms with van der Waals surface area (Å²) in [5.41, 5.74) is 0. The van der Waals surface area contributed by atoms with E-state index >= 15 is 0 Å². The minimum Gasteiger partial charge on any atom is -0.356 e. The molecule has 0 unspecified atom stereocenters. The molecule has 0 rings (SSSR count). The fourth-order valence-electron chi connectivity index (χ4n) is 2.59. The smallest absolute Gasteiger partial charge is 0.219 e. The Morgan fingerprint density at radius 3 is 2.15 bits per heavy atom. The van der Waals surface area contributed by atoms with Crippen LogP contribution < -0.4 is 5.32 Å². The summed E-state index contributed by atoms with van der Waals surface area (Å²) in [6.45, 7) is 9.92. The standard InChI is InChI=1S/C18H37NO/c1-5-17(6-2)13-8-7-9-14-18(20)19-15-11-10-12-16(3)4/h16-17H,5-15H2,1-4H3,(H,19,20). The monoisotopic (exact) mass is 283 g/mol. The maximum absolute atomic E-state index is 11.6. The molecule has 1 amide bonds. The summed E-state index contributed by atoms with van der Waals surface area (Å²) in [5.74, 6) is 1.92. The molecule has 0 saturated carbocycles. The molecular formula is C18H37NO. The molecule has 0 atom stereocenters. The Labute approximate surface area is 127 Å². The van der Waals surface area contributed by atoms with Crippen molar-refractivity contribution in [1.82, 2.24) is 5.32 Å². The lowest BCUT2D eigenvalue weighted by Gasteiger charge is -2.11. The maximum atomic E-state index is 11.6. The predicted octanol–water partition coefficient (Wildman–Crippen LogP) is 5.32. The number of rotatable bonds is 13. The first-order chi connectivity index (χ1) is 9.60. The molecule has 1 N–H and O–H groups in total. The highest BCUT2D eigenvalue weighted by Crippen LogP contribution is 2.17. The normalized spacial score (nSPS) is 11.3. The third-order valence-corrected chi connectivity index (χ3v) is 4.20. The summed E-state index contributed by atoms with van der Waals surface area (Å²) in [6, 6.07) is 0. The van der Waals surface area contributed by atoms with Crippen LogP contribution in [0.25, 0.3) is 0 Å². The highest BCUT2D eigenvalue weighted by atomic mass is 16.1. The van der Waals surface area contributed by atoms with Crippen molar-refractivity contribution in [2.75, 3.05) is 6.54 Å². The molecule has 0 aliphatic heterocycles. The van der Waals surface area contributed by atoms with E-state index in [0.717, 1.165) is 31.2 Å². The molecule has 0 saturated heterocycles. The molecule has 0 heterocycles. The van der Waals surface area contributed by atoms with Crippen molar-refractivity contribution < 1.29 is 4.79 Å². The van der Waals surface area contributed by atoms with Gasteiger partial charge in [-0.2, -0.15) is 0 Å². The van der Waals surface area contributed by atoms with Gasteiger partial charge in [0.05, 0.1) is 0 Å². The molecule has 2 nitrogen and oxygen atoms in total. The molecule has 0 aromatic heterocycles. The number of hydrogen-bond acceptors (Lipinski definition) is 1. The number of hydrogen-bond donors (Lipinski definition) is 1. The zero-order chi connectivity index (χ0) is 15.2. The Hall–Kier alpha value is -0.530. The SMILES string of the molecule is CCC(CC)CCCCCC(=O)NCCCCC(C)C. The summed E-state index contributed by atoms with van der Waals surface area (Å²) >= 11 is 0. The lowest BCUT2D eigenvalue weighted by molar-refractivity contribution is -0.121. The Kier molecular flexibility index (Phi) is 13.1. The Bertz CT molecular complexity index is 221. The zero-order valence-electron chi connectivity index (χ0n) is 14.3. The predicted molar refractivity (Wildman–Crippen MR) is 88.9 cm³/mol. The van der Waals surface area contributed by atoms with E-state index in [2.05, 4.69) is 33.0 Å². The summed E-state index contributed by atoms with van der Waals surface area (Å²) < 4.78 is 0. The van der Waals surface area contributed by atoms with E-state index in [1.54, 1.807) is 0 Å². The molecule has 0 fully saturated rings. The van der Waals surface area contributed by atoms with Crippen molar-refractivity contribution in [3.63, 3.8) is 0 Å². The first kappa shape index (κ1) is 19.5. The number of unbranched alkanes of at least 4 members (excludes halogenated alkanes) is 3. The van der Waals surface area contributed by atoms with Crippen LogP contribution in [-0.2, 0) is 4.79 Å². The van der Waals surface area contributed by atoms with Gasteiger partial charge in [0.15, 0.2) is 0 Å². The third-order valence-electron chi connectivity index (χ3n) is 4.20. The summed E-state index contributed by atoms with van der Waals surface area (Å²) in [7, 11) is 0. The van der Waals surface area contributed by atoms with E-state index in [9.17, 15) is 4.79 Å². The van der Waals surface area contributed by atoms with E-state index in [1.807, 2.05) is 0 Å². The van der Waals surface area contributed by atoms with E-state index in [-0.39, 0.29) is 5.91 Å². The van der Waals surface area contributed by atoms with Gasteiger partial charge in [-0.05, 0) is 24.7 Å². The highest BCUT2D eigenvalue weighted by molar-refractivity contribution is 5.75. The minimum atomic E-state index is 0.247. The molecule has 2 heteroatoms. The highest BCUT2D eigenvalue weighted by Gasteiger charge is 2.04. The van der Waals surface area contributed by atoms with Crippen molar-refractivity contribution in [1.29, 1.82) is 0 Å². The van der Waals surface area contributed by atoms with Crippen LogP contribution in [0, 0.1) is 11.8 Å². The number of carbonyl (C=O) groups excluding carboxylic acids is 1. The van der Waals surface area contributed by atoms with Crippen LogP contribution in [0.5, 0.6) is 0 Å². The van der Waals surface area contributed by atoms with E-state index in [4.69, 9.17) is 0 Å². The van der Waals surface area contributed by atoms with Crippen molar-refractivity contribution in [3.8, 4) is 0 Å². The average Bonchev–Trinajstić information content (AvgIpc) is 2.42. The molecule has 0 aliphatic carbocycles. The first-order valence-corrected chi connectivity index (χ1v) is 8.86. The lowest BCUT2D eigenvalue weighted by atomic mass is 9.96. The second-order valence-corrected chi connectivity index (χ2v) is 6.52. The van der Waals surface area contributed by atoms with Crippen molar-refractivity contribution >= 4 is 5.91 Å². The number of carbonyl (C=O) groups is 1. The van der Waals surface area contributed by atoms with E-state index < -0.39 is 0 Å². The molecular weight excluding hydrogens is 246 g/mol. The van der Waals surface area contributed by atoms with Crippen LogP contribution in [0.2, 0.25) is 0 Å². The Morgan fingerprint density at radius 2 is 1.55 bits per heavy atom. The molecule has 0 aliphatic rings.